The zero-order valence-electron chi connectivity index (χ0n) is 33.7. The van der Waals surface area contributed by atoms with Gasteiger partial charge in [-0.15, -0.1) is 0 Å². The number of unbranched alkanes of at least 4 members (excludes halogenated alkanes) is 2. The van der Waals surface area contributed by atoms with Gasteiger partial charge in [0.1, 0.15) is 54.7 Å². The van der Waals surface area contributed by atoms with Gasteiger partial charge in [-0.2, -0.15) is 0 Å². The van der Waals surface area contributed by atoms with E-state index in [4.69, 9.17) is 28.4 Å². The predicted octanol–water partition coefficient (Wildman–Crippen LogP) is 2.64. The Morgan fingerprint density at radius 1 is 0.983 bits per heavy atom. The normalized spacial score (nSPS) is 31.5. The lowest BCUT2D eigenvalue weighted by molar-refractivity contribution is -0.395. The minimum absolute atomic E-state index is 0.0489. The third-order valence-electron chi connectivity index (χ3n) is 10.9. The van der Waals surface area contributed by atoms with Crippen LogP contribution < -0.4 is 0 Å². The maximum absolute atomic E-state index is 13.3. The Balaban J connectivity index is 1.51. The van der Waals surface area contributed by atoms with Crippen molar-refractivity contribution in [3.8, 4) is 11.5 Å². The lowest BCUT2D eigenvalue weighted by Crippen LogP contribution is -2.67. The number of rotatable bonds is 20. The number of carbonyl (C=O) groups is 2. The Morgan fingerprint density at radius 3 is 2.45 bits per heavy atom. The van der Waals surface area contributed by atoms with Gasteiger partial charge >= 0.3 is 11.9 Å². The number of hydrogen-bond donors (Lipinski definition) is 8. The van der Waals surface area contributed by atoms with Crippen molar-refractivity contribution in [3.63, 3.8) is 0 Å². The van der Waals surface area contributed by atoms with Gasteiger partial charge in [-0.25, -0.2) is 4.79 Å². The quantitative estimate of drug-likeness (QED) is 0.0310. The summed E-state index contributed by atoms with van der Waals surface area (Å²) >= 11 is 0. The molecule has 3 aliphatic rings. The molecule has 58 heavy (non-hydrogen) atoms. The van der Waals surface area contributed by atoms with E-state index in [1.807, 2.05) is 13.8 Å². The Hall–Kier alpha value is -3.42. The first-order valence-electron chi connectivity index (χ1n) is 20.2. The van der Waals surface area contributed by atoms with Crippen LogP contribution in [-0.2, 0) is 50.4 Å². The first-order chi connectivity index (χ1) is 27.7. The van der Waals surface area contributed by atoms with Crippen molar-refractivity contribution in [1.82, 2.24) is 0 Å². The van der Waals surface area contributed by atoms with Gasteiger partial charge < -0.3 is 69.3 Å². The number of benzene rings is 1. The molecule has 1 aromatic rings. The lowest BCUT2D eigenvalue weighted by atomic mass is 9.86. The third kappa shape index (κ3) is 11.9. The highest BCUT2D eigenvalue weighted by atomic mass is 16.8. The molecular weight excluding hydrogens is 760 g/mol. The molecule has 0 radical (unpaired) electrons. The van der Waals surface area contributed by atoms with Gasteiger partial charge in [-0.05, 0) is 55.6 Å². The van der Waals surface area contributed by atoms with Crippen molar-refractivity contribution in [1.29, 1.82) is 0 Å². The number of carbonyl (C=O) groups excluding carboxylic acids is 2. The van der Waals surface area contributed by atoms with E-state index in [0.29, 0.717) is 18.8 Å². The van der Waals surface area contributed by atoms with E-state index in [0.717, 1.165) is 44.2 Å². The van der Waals surface area contributed by atoms with Gasteiger partial charge in [-0.1, -0.05) is 70.9 Å². The summed E-state index contributed by atoms with van der Waals surface area (Å²) in [7, 11) is 0. The lowest BCUT2D eigenvalue weighted by Gasteiger charge is -2.50. The molecule has 0 aliphatic carbocycles. The maximum Gasteiger partial charge on any atom is 0.331 e. The Kier molecular flexibility index (Phi) is 18.1. The molecule has 0 bridgehead atoms. The highest BCUT2D eigenvalue weighted by Crippen LogP contribution is 2.51. The number of phenolic OH excluding ortho intramolecular Hbond substituents is 2. The minimum atomic E-state index is -2.25. The Labute approximate surface area is 339 Å². The van der Waals surface area contributed by atoms with E-state index in [1.54, 1.807) is 12.2 Å². The van der Waals surface area contributed by atoms with Crippen LogP contribution in [0.25, 0.3) is 0 Å². The molecular formula is C42H62O16. The second kappa shape index (κ2) is 22.3. The third-order valence-corrected chi connectivity index (χ3v) is 10.9. The molecule has 13 atom stereocenters. The Morgan fingerprint density at radius 2 is 1.74 bits per heavy atom. The van der Waals surface area contributed by atoms with Crippen LogP contribution in [0.3, 0.4) is 0 Å². The molecule has 326 valence electrons. The number of ether oxygens (including phenoxy) is 6. The summed E-state index contributed by atoms with van der Waals surface area (Å²) < 4.78 is 34.6. The van der Waals surface area contributed by atoms with Crippen LogP contribution in [0.5, 0.6) is 11.5 Å². The van der Waals surface area contributed by atoms with Gasteiger partial charge in [0.25, 0.3) is 0 Å². The average Bonchev–Trinajstić information content (AvgIpc) is 3.57. The molecule has 8 N–H and O–H groups in total. The van der Waals surface area contributed by atoms with Gasteiger partial charge in [0, 0.05) is 18.6 Å². The number of allylic oxidation sites excluding steroid dienone is 4. The largest absolute Gasteiger partial charge is 0.508 e. The summed E-state index contributed by atoms with van der Waals surface area (Å²) in [4.78, 5) is 25.5. The van der Waals surface area contributed by atoms with Gasteiger partial charge in [0.2, 0.25) is 5.79 Å². The standard InChI is InChI=1S/C42H62O16/c1-5-7-17-32(47)53-23-31-35(49)36(50)37(51)41(55-31)57-38-30(21-43)58-42(34-26(22-54-42)19-27(44)20-29(34)46)40(52)39(38)56-33(48)18-13-9-12-16-28(45)25(4)15-11-8-10-14-24(3)6-2/h9-10,12-14,18-20,24-25,28,30-31,35-41,43-46,49-52H,5-8,11,15-17,21-23H2,1-4H3. The van der Waals surface area contributed by atoms with Crippen LogP contribution in [0.1, 0.15) is 90.2 Å². The van der Waals surface area contributed by atoms with Crippen molar-refractivity contribution < 1.29 is 78.9 Å². The van der Waals surface area contributed by atoms with Gasteiger partial charge in [0.05, 0.1) is 24.9 Å². The molecule has 1 spiro atoms. The van der Waals surface area contributed by atoms with Crippen LogP contribution in [0.15, 0.2) is 48.6 Å². The fourth-order valence-electron chi connectivity index (χ4n) is 7.12. The van der Waals surface area contributed by atoms with E-state index in [1.165, 1.54) is 12.1 Å². The maximum atomic E-state index is 13.3. The Bertz CT molecular complexity index is 1560. The molecule has 1 aromatic carbocycles. The molecule has 0 aromatic heterocycles. The molecule has 13 unspecified atom stereocenters. The molecule has 0 amide bonds. The zero-order chi connectivity index (χ0) is 42.6. The van der Waals surface area contributed by atoms with Crippen molar-refractivity contribution >= 4 is 11.9 Å². The average molecular weight is 823 g/mol. The van der Waals surface area contributed by atoms with Gasteiger partial charge in [-0.3, -0.25) is 4.79 Å². The second-order valence-electron chi connectivity index (χ2n) is 15.4. The molecule has 2 fully saturated rings. The summed E-state index contributed by atoms with van der Waals surface area (Å²) in [5.74, 6) is -4.05. The SMILES string of the molecule is CCCCC(=O)OCC1OC(OC2C(CO)OC3(OCc4cc(O)cc(O)c43)C(O)C2OC(=O)C=CC=CCC(O)C(C)CCCC=CC(C)CC)C(O)C(O)C1O. The molecule has 3 aliphatic heterocycles. The summed E-state index contributed by atoms with van der Waals surface area (Å²) in [5.41, 5.74) is 0.138. The van der Waals surface area contributed by atoms with Crippen LogP contribution in [0.2, 0.25) is 0 Å². The van der Waals surface area contributed by atoms with E-state index in [2.05, 4.69) is 26.0 Å². The summed E-state index contributed by atoms with van der Waals surface area (Å²) in [6, 6.07) is 2.28. The van der Waals surface area contributed by atoms with E-state index < -0.39 is 97.9 Å². The van der Waals surface area contributed by atoms with E-state index in [-0.39, 0.29) is 35.8 Å². The van der Waals surface area contributed by atoms with E-state index >= 15 is 0 Å². The number of phenols is 2. The number of aromatic hydroxyl groups is 2. The second-order valence-corrected chi connectivity index (χ2v) is 15.4. The van der Waals surface area contributed by atoms with Crippen molar-refractivity contribution in [3.05, 3.63) is 59.7 Å². The smallest absolute Gasteiger partial charge is 0.331 e. The summed E-state index contributed by atoms with van der Waals surface area (Å²) in [6.45, 7) is 6.55. The predicted molar refractivity (Wildman–Crippen MR) is 207 cm³/mol. The van der Waals surface area contributed by atoms with Crippen LogP contribution in [-0.4, -0.2) is 127 Å². The molecule has 3 heterocycles. The topological polar surface area (TPSA) is 251 Å². The first kappa shape index (κ1) is 47.3. The number of aliphatic hydroxyl groups excluding tert-OH is 6. The van der Waals surface area contributed by atoms with E-state index in [9.17, 15) is 50.4 Å². The van der Waals surface area contributed by atoms with Crippen LogP contribution >= 0.6 is 0 Å². The van der Waals surface area contributed by atoms with Crippen molar-refractivity contribution in [2.24, 2.45) is 11.8 Å². The number of esters is 2. The van der Waals surface area contributed by atoms with Crippen molar-refractivity contribution in [2.75, 3.05) is 13.2 Å². The molecule has 16 heteroatoms. The fourth-order valence-corrected chi connectivity index (χ4v) is 7.12. The van der Waals surface area contributed by atoms with Crippen LogP contribution in [0.4, 0.5) is 0 Å². The highest BCUT2D eigenvalue weighted by molar-refractivity contribution is 5.82. The van der Waals surface area contributed by atoms with Crippen molar-refractivity contribution in [2.45, 2.75) is 153 Å². The highest BCUT2D eigenvalue weighted by Gasteiger charge is 2.63. The summed E-state index contributed by atoms with van der Waals surface area (Å²) in [6.07, 6.45) is -0.622. The van der Waals surface area contributed by atoms with Crippen LogP contribution in [0, 0.1) is 11.8 Å². The fraction of sp³-hybridized carbons (Fsp3) is 0.667. The number of hydrogen-bond acceptors (Lipinski definition) is 16. The van der Waals surface area contributed by atoms with Gasteiger partial charge in [0.15, 0.2) is 18.5 Å². The summed E-state index contributed by atoms with van der Waals surface area (Å²) in [5, 5.41) is 86.3. The molecule has 2 saturated heterocycles. The number of aliphatic hydroxyl groups is 6. The number of fused-ring (bicyclic) bond motifs is 2. The first-order valence-corrected chi connectivity index (χ1v) is 20.2. The minimum Gasteiger partial charge on any atom is -0.508 e. The zero-order valence-corrected chi connectivity index (χ0v) is 33.7. The molecule has 16 nitrogen and oxygen atoms in total. The molecule has 0 saturated carbocycles. The monoisotopic (exact) mass is 822 g/mol. The molecule has 4 rings (SSSR count).